The quantitative estimate of drug-likeness (QED) is 0.301. The van der Waals surface area contributed by atoms with Crippen LogP contribution in [-0.4, -0.2) is 52.3 Å². The molecule has 4 amide bonds. The highest BCUT2D eigenvalue weighted by Crippen LogP contribution is 2.35. The number of amides is 4. The summed E-state index contributed by atoms with van der Waals surface area (Å²) in [6.45, 7) is 1.67. The number of carboxylic acid groups (broad SMARTS) is 1. The van der Waals surface area contributed by atoms with Gasteiger partial charge in [0.25, 0.3) is 0 Å². The van der Waals surface area contributed by atoms with Crippen LogP contribution in [0.4, 0.5) is 0 Å². The van der Waals surface area contributed by atoms with Crippen LogP contribution in [0.5, 0.6) is 0 Å². The molecule has 31 heavy (non-hydrogen) atoms. The van der Waals surface area contributed by atoms with E-state index in [0.717, 1.165) is 5.56 Å². The van der Waals surface area contributed by atoms with Crippen LogP contribution in [-0.2, 0) is 30.4 Å². The van der Waals surface area contributed by atoms with Crippen LogP contribution in [0.2, 0.25) is 0 Å². The van der Waals surface area contributed by atoms with Crippen LogP contribution in [0, 0.1) is 0 Å². The summed E-state index contributed by atoms with van der Waals surface area (Å²) in [4.78, 5) is 59.9. The molecule has 1 aliphatic rings. The van der Waals surface area contributed by atoms with E-state index in [1.165, 1.54) is 0 Å². The molecule has 10 heteroatoms. The lowest BCUT2D eigenvalue weighted by Crippen LogP contribution is -2.57. The van der Waals surface area contributed by atoms with Crippen molar-refractivity contribution < 1.29 is 29.1 Å². The molecule has 1 aromatic rings. The Bertz CT molecular complexity index is 838. The smallest absolute Gasteiger partial charge is 0.326 e. The van der Waals surface area contributed by atoms with Gasteiger partial charge >= 0.3 is 5.97 Å². The Morgan fingerprint density at radius 1 is 1.06 bits per heavy atom. The number of primary amides is 1. The Balaban J connectivity index is 2.14. The fraction of sp³-hybridized carbons (Fsp3) is 0.476. The summed E-state index contributed by atoms with van der Waals surface area (Å²) in [7, 11) is 0. The van der Waals surface area contributed by atoms with Crippen molar-refractivity contribution in [3.63, 3.8) is 0 Å². The zero-order valence-electron chi connectivity index (χ0n) is 17.3. The summed E-state index contributed by atoms with van der Waals surface area (Å²) in [5.74, 6) is -3.46. The predicted octanol–water partition coefficient (Wildman–Crippen LogP) is -0.392. The average molecular weight is 432 g/mol. The molecule has 0 aromatic heterocycles. The molecule has 10 nitrogen and oxygen atoms in total. The molecule has 0 saturated heterocycles. The minimum Gasteiger partial charge on any atom is -0.480 e. The largest absolute Gasteiger partial charge is 0.480 e. The van der Waals surface area contributed by atoms with Gasteiger partial charge in [-0.25, -0.2) is 4.79 Å². The van der Waals surface area contributed by atoms with Gasteiger partial charge in [0, 0.05) is 19.3 Å². The summed E-state index contributed by atoms with van der Waals surface area (Å²) < 4.78 is 0. The summed E-state index contributed by atoms with van der Waals surface area (Å²) >= 11 is 0. The van der Waals surface area contributed by atoms with E-state index in [9.17, 15) is 29.1 Å². The summed E-state index contributed by atoms with van der Waals surface area (Å²) in [6, 6.07) is 6.53. The molecule has 0 heterocycles. The zero-order valence-corrected chi connectivity index (χ0v) is 17.3. The van der Waals surface area contributed by atoms with Gasteiger partial charge in [-0.3, -0.25) is 19.2 Å². The Kier molecular flexibility index (Phi) is 8.12. The number of aliphatic carboxylic acids is 1. The van der Waals surface area contributed by atoms with Crippen LogP contribution in [0.25, 0.3) is 0 Å². The second kappa shape index (κ2) is 10.6. The monoisotopic (exact) mass is 432 g/mol. The Hall–Kier alpha value is -3.43. The van der Waals surface area contributed by atoms with Crippen molar-refractivity contribution in [1.82, 2.24) is 16.0 Å². The highest BCUT2D eigenvalue weighted by atomic mass is 16.4. The first-order chi connectivity index (χ1) is 14.7. The van der Waals surface area contributed by atoms with Crippen molar-refractivity contribution >= 4 is 29.6 Å². The molecule has 1 saturated carbocycles. The van der Waals surface area contributed by atoms with Gasteiger partial charge in [0.1, 0.15) is 17.6 Å². The third-order valence-electron chi connectivity index (χ3n) is 5.08. The van der Waals surface area contributed by atoms with Gasteiger partial charge < -0.3 is 26.8 Å². The maximum Gasteiger partial charge on any atom is 0.326 e. The number of hydrogen-bond donors (Lipinski definition) is 5. The first-order valence-corrected chi connectivity index (χ1v) is 10.1. The molecule has 168 valence electrons. The summed E-state index contributed by atoms with van der Waals surface area (Å²) in [6.07, 6.45) is 0.890. The number of carbonyl (C=O) groups excluding carboxylic acids is 4. The van der Waals surface area contributed by atoms with Gasteiger partial charge in [0.05, 0.1) is 0 Å². The molecular formula is C21H28N4O6. The Morgan fingerprint density at radius 2 is 1.71 bits per heavy atom. The highest BCUT2D eigenvalue weighted by molar-refractivity contribution is 5.97. The maximum atomic E-state index is 12.9. The van der Waals surface area contributed by atoms with E-state index in [1.54, 1.807) is 37.3 Å². The molecular weight excluding hydrogens is 404 g/mol. The fourth-order valence-electron chi connectivity index (χ4n) is 3.06. The number of carboxylic acids is 1. The van der Waals surface area contributed by atoms with Gasteiger partial charge in [-0.2, -0.15) is 0 Å². The maximum absolute atomic E-state index is 12.9. The third kappa shape index (κ3) is 7.09. The van der Waals surface area contributed by atoms with E-state index < -0.39 is 41.3 Å². The number of nitrogens with one attached hydrogen (secondary N) is 3. The van der Waals surface area contributed by atoms with E-state index in [0.29, 0.717) is 12.8 Å². The first-order valence-electron chi connectivity index (χ1n) is 10.1. The van der Waals surface area contributed by atoms with E-state index in [2.05, 4.69) is 16.0 Å². The molecule has 0 aliphatic heterocycles. The fourth-order valence-corrected chi connectivity index (χ4v) is 3.06. The van der Waals surface area contributed by atoms with Crippen LogP contribution in [0.3, 0.4) is 0 Å². The van der Waals surface area contributed by atoms with Crippen LogP contribution < -0.4 is 21.7 Å². The van der Waals surface area contributed by atoms with Crippen LogP contribution in [0.1, 0.15) is 44.6 Å². The van der Waals surface area contributed by atoms with Crippen molar-refractivity contribution in [3.8, 4) is 0 Å². The molecule has 0 unspecified atom stereocenters. The van der Waals surface area contributed by atoms with Crippen molar-refractivity contribution in [1.29, 1.82) is 0 Å². The highest BCUT2D eigenvalue weighted by Gasteiger charge is 2.51. The van der Waals surface area contributed by atoms with Crippen molar-refractivity contribution in [2.75, 3.05) is 0 Å². The van der Waals surface area contributed by atoms with Crippen molar-refractivity contribution in [2.45, 2.75) is 63.1 Å². The molecule has 2 atom stereocenters. The van der Waals surface area contributed by atoms with Gasteiger partial charge in [0.2, 0.25) is 23.6 Å². The number of benzene rings is 1. The minimum atomic E-state index is -1.33. The average Bonchev–Trinajstić information content (AvgIpc) is 3.51. The Labute approximate surface area is 179 Å². The lowest BCUT2D eigenvalue weighted by atomic mass is 10.0. The molecule has 1 aliphatic carbocycles. The minimum absolute atomic E-state index is 0.123. The molecule has 0 spiro atoms. The second-order valence-corrected chi connectivity index (χ2v) is 7.60. The zero-order chi connectivity index (χ0) is 23.0. The number of carbonyl (C=O) groups is 5. The lowest BCUT2D eigenvalue weighted by Gasteiger charge is -2.24. The van der Waals surface area contributed by atoms with E-state index >= 15 is 0 Å². The number of hydrogen-bond acceptors (Lipinski definition) is 5. The molecule has 2 rings (SSSR count). The lowest BCUT2D eigenvalue weighted by molar-refractivity contribution is -0.142. The van der Waals surface area contributed by atoms with Crippen molar-refractivity contribution in [3.05, 3.63) is 35.9 Å². The number of rotatable bonds is 12. The molecule has 0 radical (unpaired) electrons. The topological polar surface area (TPSA) is 168 Å². The van der Waals surface area contributed by atoms with Crippen molar-refractivity contribution in [2.24, 2.45) is 5.73 Å². The molecule has 6 N–H and O–H groups in total. The van der Waals surface area contributed by atoms with Crippen LogP contribution in [0.15, 0.2) is 30.3 Å². The van der Waals surface area contributed by atoms with Gasteiger partial charge in [-0.05, 0) is 24.8 Å². The summed E-state index contributed by atoms with van der Waals surface area (Å²) in [5.41, 5.74) is 4.79. The summed E-state index contributed by atoms with van der Waals surface area (Å²) in [5, 5.41) is 17.1. The van der Waals surface area contributed by atoms with Crippen LogP contribution >= 0.6 is 0 Å². The SMILES string of the molecule is CCC(=O)NC1(C(=O)N[C@@H](Cc2ccccc2)C(=O)N[C@@H](CCC(N)=O)C(=O)O)CC1. The molecule has 1 aromatic carbocycles. The standard InChI is InChI=1S/C21H28N4O6/c1-2-17(27)25-21(10-11-21)20(31)24-15(12-13-6-4-3-5-7-13)18(28)23-14(19(29)30)8-9-16(22)26/h3-7,14-15H,2,8-12H2,1H3,(H2,22,26)(H,23,28)(H,24,31)(H,25,27)(H,29,30)/t14-,15-/m0/s1. The Morgan fingerprint density at radius 3 is 2.23 bits per heavy atom. The first kappa shape index (κ1) is 23.8. The van der Waals surface area contributed by atoms with E-state index in [-0.39, 0.29) is 31.6 Å². The predicted molar refractivity (Wildman–Crippen MR) is 110 cm³/mol. The second-order valence-electron chi connectivity index (χ2n) is 7.60. The molecule has 1 fully saturated rings. The van der Waals surface area contributed by atoms with E-state index in [1.807, 2.05) is 0 Å². The van der Waals surface area contributed by atoms with Gasteiger partial charge in [0.15, 0.2) is 0 Å². The normalized spacial score (nSPS) is 15.8. The van der Waals surface area contributed by atoms with Gasteiger partial charge in [-0.15, -0.1) is 0 Å². The van der Waals surface area contributed by atoms with Gasteiger partial charge in [-0.1, -0.05) is 37.3 Å². The van der Waals surface area contributed by atoms with E-state index in [4.69, 9.17) is 5.73 Å². The molecule has 0 bridgehead atoms. The number of nitrogens with two attached hydrogens (primary N) is 1. The third-order valence-corrected chi connectivity index (χ3v) is 5.08.